The van der Waals surface area contributed by atoms with Crippen molar-refractivity contribution in [2.45, 2.75) is 19.4 Å². The molecule has 0 aromatic heterocycles. The van der Waals surface area contributed by atoms with Crippen molar-refractivity contribution in [1.29, 1.82) is 0 Å². The van der Waals surface area contributed by atoms with Crippen molar-refractivity contribution in [3.8, 4) is 0 Å². The highest BCUT2D eigenvalue weighted by Crippen LogP contribution is 1.97. The van der Waals surface area contributed by atoms with Crippen molar-refractivity contribution in [2.75, 3.05) is 20.2 Å². The molecule has 0 rings (SSSR count). The monoisotopic (exact) mass is 240 g/mol. The quantitative estimate of drug-likeness (QED) is 0.508. The number of nitrogens with zero attached hydrogens (tertiary/aromatic N) is 1. The molecule has 0 fully saturated rings. The topological polar surface area (TPSA) is 107 Å². The van der Waals surface area contributed by atoms with Gasteiger partial charge in [0.2, 0.25) is 0 Å². The van der Waals surface area contributed by atoms with Gasteiger partial charge in [0.05, 0.1) is 13.0 Å². The molecule has 0 amide bonds. The van der Waals surface area contributed by atoms with Crippen LogP contribution in [-0.4, -0.2) is 55.1 Å². The van der Waals surface area contributed by atoms with E-state index in [2.05, 4.69) is 4.72 Å². The predicted octanol–water partition coefficient (Wildman–Crippen LogP) is -1.39. The lowest BCUT2D eigenvalue weighted by Gasteiger charge is -2.19. The van der Waals surface area contributed by atoms with Crippen LogP contribution in [0.15, 0.2) is 0 Å². The second-order valence-corrected chi connectivity index (χ2v) is 4.98. The summed E-state index contributed by atoms with van der Waals surface area (Å²) in [5.74, 6) is -1.06. The lowest BCUT2D eigenvalue weighted by atomic mass is 10.4. The Kier molecular flexibility index (Phi) is 5.73. The molecule has 0 aromatic carbocycles. The van der Waals surface area contributed by atoms with Crippen molar-refractivity contribution in [3.63, 3.8) is 0 Å². The Morgan fingerprint density at radius 3 is 2.47 bits per heavy atom. The Balaban J connectivity index is 4.26. The molecule has 0 aliphatic rings. The third-order valence-electron chi connectivity index (χ3n) is 1.67. The number of hydrogen-bond acceptors (Lipinski definition) is 4. The van der Waals surface area contributed by atoms with Crippen LogP contribution in [0.3, 0.4) is 0 Å². The molecule has 15 heavy (non-hydrogen) atoms. The summed E-state index contributed by atoms with van der Waals surface area (Å²) in [4.78, 5) is 10.2. The van der Waals surface area contributed by atoms with Gasteiger partial charge in [0, 0.05) is 19.6 Å². The molecule has 0 aliphatic carbocycles. The van der Waals surface area contributed by atoms with Gasteiger partial charge in [-0.25, -0.2) is 0 Å². The Bertz CT molecular complexity index is 303. The zero-order valence-electron chi connectivity index (χ0n) is 8.67. The van der Waals surface area contributed by atoms with Gasteiger partial charge in [-0.15, -0.1) is 0 Å². The first-order valence-corrected chi connectivity index (χ1v) is 5.80. The van der Waals surface area contributed by atoms with Crippen molar-refractivity contribution in [2.24, 2.45) is 0 Å². The Morgan fingerprint density at radius 2 is 2.07 bits per heavy atom. The minimum absolute atomic E-state index is 0.108. The van der Waals surface area contributed by atoms with E-state index in [1.165, 1.54) is 14.0 Å². The van der Waals surface area contributed by atoms with Crippen LogP contribution in [0.25, 0.3) is 0 Å². The fraction of sp³-hybridized carbons (Fsp3) is 0.857. The van der Waals surface area contributed by atoms with Gasteiger partial charge in [0.15, 0.2) is 0 Å². The maximum Gasteiger partial charge on any atom is 0.304 e. The second kappa shape index (κ2) is 6.01. The number of carboxylic acids is 1. The van der Waals surface area contributed by atoms with Gasteiger partial charge >= 0.3 is 5.97 Å². The van der Waals surface area contributed by atoms with Gasteiger partial charge in [-0.3, -0.25) is 4.79 Å². The lowest BCUT2D eigenvalue weighted by molar-refractivity contribution is -0.137. The van der Waals surface area contributed by atoms with E-state index >= 15 is 0 Å². The summed E-state index contributed by atoms with van der Waals surface area (Å²) in [5.41, 5.74) is 0. The van der Waals surface area contributed by atoms with E-state index in [1.54, 1.807) is 0 Å². The summed E-state index contributed by atoms with van der Waals surface area (Å²) in [7, 11) is -2.43. The number of carboxylic acid groups (broad SMARTS) is 1. The first kappa shape index (κ1) is 14.3. The van der Waals surface area contributed by atoms with Crippen LogP contribution in [-0.2, 0) is 15.0 Å². The first-order chi connectivity index (χ1) is 6.79. The number of carbonyl (C=O) groups is 1. The zero-order valence-corrected chi connectivity index (χ0v) is 9.49. The Hall–Kier alpha value is -0.700. The number of aliphatic hydroxyl groups excluding tert-OH is 1. The minimum atomic E-state index is -3.71. The van der Waals surface area contributed by atoms with E-state index in [9.17, 15) is 13.2 Å². The van der Waals surface area contributed by atoms with Crippen LogP contribution in [0.1, 0.15) is 13.3 Å². The van der Waals surface area contributed by atoms with E-state index in [0.717, 1.165) is 4.31 Å². The predicted molar refractivity (Wildman–Crippen MR) is 53.5 cm³/mol. The zero-order chi connectivity index (χ0) is 12.1. The summed E-state index contributed by atoms with van der Waals surface area (Å²) >= 11 is 0. The highest BCUT2D eigenvalue weighted by molar-refractivity contribution is 7.87. The Morgan fingerprint density at radius 1 is 1.53 bits per heavy atom. The molecule has 0 spiro atoms. The maximum atomic E-state index is 11.4. The van der Waals surface area contributed by atoms with Crippen molar-refractivity contribution in [1.82, 2.24) is 9.03 Å². The van der Waals surface area contributed by atoms with E-state index in [0.29, 0.717) is 0 Å². The first-order valence-electron chi connectivity index (χ1n) is 4.36. The molecule has 0 radical (unpaired) electrons. The van der Waals surface area contributed by atoms with Gasteiger partial charge in [0.1, 0.15) is 0 Å². The smallest absolute Gasteiger partial charge is 0.304 e. The second-order valence-electron chi connectivity index (χ2n) is 3.17. The highest BCUT2D eigenvalue weighted by Gasteiger charge is 2.20. The number of nitrogens with one attached hydrogen (secondary N) is 1. The van der Waals surface area contributed by atoms with Crippen LogP contribution in [0.2, 0.25) is 0 Å². The maximum absolute atomic E-state index is 11.4. The fourth-order valence-electron chi connectivity index (χ4n) is 0.755. The molecule has 0 saturated heterocycles. The molecule has 0 unspecified atom stereocenters. The molecule has 90 valence electrons. The van der Waals surface area contributed by atoms with Crippen molar-refractivity contribution >= 4 is 16.2 Å². The minimum Gasteiger partial charge on any atom is -0.481 e. The SMILES string of the molecule is C[C@@H](CO)NS(=O)(=O)N(C)CCC(=O)O. The highest BCUT2D eigenvalue weighted by atomic mass is 32.2. The summed E-state index contributed by atoms with van der Waals surface area (Å²) in [5, 5.41) is 17.0. The Labute approximate surface area is 88.9 Å². The average molecular weight is 240 g/mol. The van der Waals surface area contributed by atoms with E-state index < -0.39 is 22.2 Å². The van der Waals surface area contributed by atoms with E-state index in [1.807, 2.05) is 0 Å². The molecular weight excluding hydrogens is 224 g/mol. The van der Waals surface area contributed by atoms with Crippen LogP contribution in [0.4, 0.5) is 0 Å². The van der Waals surface area contributed by atoms with Crippen LogP contribution in [0, 0.1) is 0 Å². The molecule has 0 aromatic rings. The van der Waals surface area contributed by atoms with Gasteiger partial charge in [-0.2, -0.15) is 17.4 Å². The molecule has 0 bridgehead atoms. The molecule has 3 N–H and O–H groups in total. The summed E-state index contributed by atoms with van der Waals surface area (Å²) in [6.07, 6.45) is -0.259. The largest absolute Gasteiger partial charge is 0.481 e. The van der Waals surface area contributed by atoms with Crippen LogP contribution in [0.5, 0.6) is 0 Å². The van der Waals surface area contributed by atoms with Gasteiger partial charge < -0.3 is 10.2 Å². The summed E-state index contributed by atoms with van der Waals surface area (Å²) in [6.45, 7) is 1.08. The molecule has 0 saturated carbocycles. The van der Waals surface area contributed by atoms with Crippen molar-refractivity contribution < 1.29 is 23.4 Å². The third kappa shape index (κ3) is 5.67. The molecular formula is C7H16N2O5S. The number of aliphatic carboxylic acids is 1. The molecule has 0 aliphatic heterocycles. The molecule has 1 atom stereocenters. The molecule has 7 nitrogen and oxygen atoms in total. The summed E-state index contributed by atoms with van der Waals surface area (Å²) < 4.78 is 25.9. The lowest BCUT2D eigenvalue weighted by Crippen LogP contribution is -2.44. The van der Waals surface area contributed by atoms with Gasteiger partial charge in [0.25, 0.3) is 10.2 Å². The fourth-order valence-corrected chi connectivity index (χ4v) is 1.85. The number of aliphatic hydroxyl groups is 1. The van der Waals surface area contributed by atoms with E-state index in [-0.39, 0.29) is 19.6 Å². The number of rotatable bonds is 7. The van der Waals surface area contributed by atoms with Crippen molar-refractivity contribution in [3.05, 3.63) is 0 Å². The normalized spacial score (nSPS) is 14.1. The van der Waals surface area contributed by atoms with Gasteiger partial charge in [-0.05, 0) is 6.92 Å². The standard InChI is InChI=1S/C7H16N2O5S/c1-6(5-10)8-15(13,14)9(2)4-3-7(11)12/h6,8,10H,3-5H2,1-2H3,(H,11,12)/t6-/m0/s1. The molecule has 0 heterocycles. The third-order valence-corrected chi connectivity index (χ3v) is 3.38. The van der Waals surface area contributed by atoms with Crippen LogP contribution < -0.4 is 4.72 Å². The van der Waals surface area contributed by atoms with E-state index in [4.69, 9.17) is 10.2 Å². The summed E-state index contributed by atoms with van der Waals surface area (Å²) in [6, 6.07) is -0.595. The van der Waals surface area contributed by atoms with Crippen LogP contribution >= 0.6 is 0 Å². The number of hydrogen-bond donors (Lipinski definition) is 3. The van der Waals surface area contributed by atoms with Gasteiger partial charge in [-0.1, -0.05) is 0 Å². The average Bonchev–Trinajstić information content (AvgIpc) is 2.13. The molecule has 8 heteroatoms.